The van der Waals surface area contributed by atoms with Crippen LogP contribution in [0.25, 0.3) is 0 Å². The molecule has 7 heteroatoms. The maximum atomic E-state index is 13.3. The third kappa shape index (κ3) is 5.01. The summed E-state index contributed by atoms with van der Waals surface area (Å²) in [6.45, 7) is 6.19. The fourth-order valence-corrected chi connectivity index (χ4v) is 4.18. The number of nitrogens with zero attached hydrogens (tertiary/aromatic N) is 1. The summed E-state index contributed by atoms with van der Waals surface area (Å²) in [6, 6.07) is 11.8. The van der Waals surface area contributed by atoms with Crippen molar-refractivity contribution in [3.05, 3.63) is 53.6 Å². The van der Waals surface area contributed by atoms with Gasteiger partial charge in [-0.1, -0.05) is 6.07 Å². The van der Waals surface area contributed by atoms with Gasteiger partial charge in [-0.05, 0) is 68.3 Å². The molecule has 0 aliphatic rings. The Labute approximate surface area is 161 Å². The van der Waals surface area contributed by atoms with Crippen molar-refractivity contribution in [3.63, 3.8) is 0 Å². The molecule has 27 heavy (non-hydrogen) atoms. The minimum absolute atomic E-state index is 0.0490. The zero-order valence-electron chi connectivity index (χ0n) is 16.2. The fourth-order valence-electron chi connectivity index (χ4n) is 2.63. The smallest absolute Gasteiger partial charge is 0.264 e. The first-order valence-electron chi connectivity index (χ1n) is 8.80. The van der Waals surface area contributed by atoms with E-state index in [1.54, 1.807) is 49.6 Å². The minimum atomic E-state index is -3.81. The van der Waals surface area contributed by atoms with Crippen LogP contribution >= 0.6 is 0 Å². The van der Waals surface area contributed by atoms with Gasteiger partial charge in [0.2, 0.25) is 5.91 Å². The molecular formula is C20H26N2O4S. The standard InChI is InChI=1S/C20H26N2O4S/c1-5-21-20(23)12-13-22(17-7-9-18(26-4)10-8-17)27(24,25)19-11-6-15(2)16(3)14-19/h6-11,14H,5,12-13H2,1-4H3,(H,21,23). The first-order chi connectivity index (χ1) is 12.8. The zero-order valence-corrected chi connectivity index (χ0v) is 17.0. The SMILES string of the molecule is CCNC(=O)CCN(c1ccc(OC)cc1)S(=O)(=O)c1ccc(C)c(C)c1. The van der Waals surface area contributed by atoms with Gasteiger partial charge in [-0.15, -0.1) is 0 Å². The highest BCUT2D eigenvalue weighted by Gasteiger charge is 2.26. The lowest BCUT2D eigenvalue weighted by Crippen LogP contribution is -2.35. The lowest BCUT2D eigenvalue weighted by Gasteiger charge is -2.25. The molecule has 1 N–H and O–H groups in total. The summed E-state index contributed by atoms with van der Waals surface area (Å²) in [5.41, 5.74) is 2.40. The number of benzene rings is 2. The number of rotatable bonds is 8. The molecule has 0 bridgehead atoms. The van der Waals surface area contributed by atoms with E-state index in [9.17, 15) is 13.2 Å². The van der Waals surface area contributed by atoms with Crippen LogP contribution < -0.4 is 14.4 Å². The fraction of sp³-hybridized carbons (Fsp3) is 0.350. The summed E-state index contributed by atoms with van der Waals surface area (Å²) < 4.78 is 33.0. The van der Waals surface area contributed by atoms with Gasteiger partial charge in [-0.2, -0.15) is 0 Å². The second-order valence-corrected chi connectivity index (χ2v) is 8.09. The van der Waals surface area contributed by atoms with E-state index < -0.39 is 10.0 Å². The first-order valence-corrected chi connectivity index (χ1v) is 10.2. The van der Waals surface area contributed by atoms with Crippen molar-refractivity contribution in [1.29, 1.82) is 0 Å². The van der Waals surface area contributed by atoms with Gasteiger partial charge in [-0.25, -0.2) is 8.42 Å². The number of hydrogen-bond donors (Lipinski definition) is 1. The molecule has 2 aromatic rings. The number of amides is 1. The van der Waals surface area contributed by atoms with Gasteiger partial charge in [0.1, 0.15) is 5.75 Å². The van der Waals surface area contributed by atoms with Gasteiger partial charge in [-0.3, -0.25) is 9.10 Å². The minimum Gasteiger partial charge on any atom is -0.497 e. The van der Waals surface area contributed by atoms with E-state index in [2.05, 4.69) is 5.32 Å². The molecular weight excluding hydrogens is 364 g/mol. The Balaban J connectivity index is 2.42. The van der Waals surface area contributed by atoms with E-state index >= 15 is 0 Å². The largest absolute Gasteiger partial charge is 0.497 e. The number of hydrogen-bond acceptors (Lipinski definition) is 4. The van der Waals surface area contributed by atoms with Crippen LogP contribution in [0, 0.1) is 13.8 Å². The predicted octanol–water partition coefficient (Wildman–Crippen LogP) is 3.03. The molecule has 2 aromatic carbocycles. The summed E-state index contributed by atoms with van der Waals surface area (Å²) in [5.74, 6) is 0.442. The van der Waals surface area contributed by atoms with Gasteiger partial charge in [0, 0.05) is 19.5 Å². The maximum Gasteiger partial charge on any atom is 0.264 e. The van der Waals surface area contributed by atoms with Gasteiger partial charge in [0.15, 0.2) is 0 Å². The second-order valence-electron chi connectivity index (χ2n) is 6.22. The van der Waals surface area contributed by atoms with Crippen LogP contribution in [0.5, 0.6) is 5.75 Å². The highest BCUT2D eigenvalue weighted by molar-refractivity contribution is 7.92. The van der Waals surface area contributed by atoms with Gasteiger partial charge >= 0.3 is 0 Å². The third-order valence-corrected chi connectivity index (χ3v) is 6.17. The lowest BCUT2D eigenvalue weighted by molar-refractivity contribution is -0.120. The average molecular weight is 391 g/mol. The van der Waals surface area contributed by atoms with Crippen molar-refractivity contribution in [3.8, 4) is 5.75 Å². The third-order valence-electron chi connectivity index (χ3n) is 4.34. The number of sulfonamides is 1. The lowest BCUT2D eigenvalue weighted by atomic mass is 10.1. The second kappa shape index (κ2) is 8.90. The van der Waals surface area contributed by atoms with Crippen molar-refractivity contribution in [2.24, 2.45) is 0 Å². The van der Waals surface area contributed by atoms with Crippen molar-refractivity contribution < 1.29 is 17.9 Å². The summed E-state index contributed by atoms with van der Waals surface area (Å²) in [7, 11) is -2.26. The molecule has 0 spiro atoms. The zero-order chi connectivity index (χ0) is 20.0. The molecule has 0 unspecified atom stereocenters. The molecule has 1 amide bonds. The van der Waals surface area contributed by atoms with Gasteiger partial charge in [0.25, 0.3) is 10.0 Å². The highest BCUT2D eigenvalue weighted by atomic mass is 32.2. The molecule has 0 aromatic heterocycles. The van der Waals surface area contributed by atoms with Crippen LogP contribution in [0.2, 0.25) is 0 Å². The van der Waals surface area contributed by atoms with Crippen molar-refractivity contribution in [1.82, 2.24) is 5.32 Å². The summed E-state index contributed by atoms with van der Waals surface area (Å²) in [4.78, 5) is 12.1. The van der Waals surface area contributed by atoms with Crippen LogP contribution in [0.3, 0.4) is 0 Å². The van der Waals surface area contributed by atoms with E-state index in [-0.39, 0.29) is 23.8 Å². The molecule has 0 aliphatic carbocycles. The molecule has 6 nitrogen and oxygen atoms in total. The Morgan fingerprint density at radius 3 is 2.30 bits per heavy atom. The Kier molecular flexibility index (Phi) is 6.85. The average Bonchev–Trinajstić information content (AvgIpc) is 2.64. The molecule has 146 valence electrons. The molecule has 0 atom stereocenters. The first kappa shape index (κ1) is 20.8. The molecule has 0 aliphatic heterocycles. The Morgan fingerprint density at radius 2 is 1.74 bits per heavy atom. The van der Waals surface area contributed by atoms with E-state index in [1.165, 1.54) is 4.31 Å². The molecule has 0 fully saturated rings. The molecule has 0 saturated carbocycles. The van der Waals surface area contributed by atoms with Gasteiger partial charge < -0.3 is 10.1 Å². The van der Waals surface area contributed by atoms with Crippen molar-refractivity contribution in [2.45, 2.75) is 32.1 Å². The van der Waals surface area contributed by atoms with E-state index in [1.807, 2.05) is 20.8 Å². The Hall–Kier alpha value is -2.54. The molecule has 0 heterocycles. The van der Waals surface area contributed by atoms with E-state index in [0.29, 0.717) is 18.0 Å². The topological polar surface area (TPSA) is 75.7 Å². The summed E-state index contributed by atoms with van der Waals surface area (Å²) in [6.07, 6.45) is 0.0734. The van der Waals surface area contributed by atoms with Crippen molar-refractivity contribution in [2.75, 3.05) is 24.5 Å². The number of anilines is 1. The van der Waals surface area contributed by atoms with Crippen LogP contribution in [-0.4, -0.2) is 34.5 Å². The van der Waals surface area contributed by atoms with Crippen LogP contribution in [0.4, 0.5) is 5.69 Å². The monoisotopic (exact) mass is 390 g/mol. The van der Waals surface area contributed by atoms with Crippen LogP contribution in [0.1, 0.15) is 24.5 Å². The number of nitrogens with one attached hydrogen (secondary N) is 1. The summed E-state index contributed by atoms with van der Waals surface area (Å²) >= 11 is 0. The van der Waals surface area contributed by atoms with Gasteiger partial charge in [0.05, 0.1) is 17.7 Å². The molecule has 2 rings (SSSR count). The van der Waals surface area contributed by atoms with Crippen molar-refractivity contribution >= 4 is 21.6 Å². The normalized spacial score (nSPS) is 11.1. The summed E-state index contributed by atoms with van der Waals surface area (Å²) in [5, 5.41) is 2.70. The number of carbonyl (C=O) groups excluding carboxylic acids is 1. The highest BCUT2D eigenvalue weighted by Crippen LogP contribution is 2.27. The van der Waals surface area contributed by atoms with E-state index in [4.69, 9.17) is 4.74 Å². The van der Waals surface area contributed by atoms with Crippen LogP contribution in [-0.2, 0) is 14.8 Å². The number of methoxy groups -OCH3 is 1. The predicted molar refractivity (Wildman–Crippen MR) is 107 cm³/mol. The number of ether oxygens (including phenoxy) is 1. The van der Waals surface area contributed by atoms with E-state index in [0.717, 1.165) is 11.1 Å². The number of carbonyl (C=O) groups is 1. The Bertz CT molecular complexity index is 893. The molecule has 0 radical (unpaired) electrons. The number of aryl methyl sites for hydroxylation is 2. The maximum absolute atomic E-state index is 13.3. The molecule has 0 saturated heterocycles. The quantitative estimate of drug-likeness (QED) is 0.752. The van der Waals surface area contributed by atoms with Crippen LogP contribution in [0.15, 0.2) is 47.4 Å². The Morgan fingerprint density at radius 1 is 1.07 bits per heavy atom.